The van der Waals surface area contributed by atoms with E-state index in [0.717, 1.165) is 12.2 Å². The molecule has 2 N–H and O–H groups in total. The lowest BCUT2D eigenvalue weighted by atomic mass is 9.93. The highest BCUT2D eigenvalue weighted by Crippen LogP contribution is 2.33. The quantitative estimate of drug-likeness (QED) is 0.605. The molecule has 3 atom stereocenters. The van der Waals surface area contributed by atoms with E-state index in [9.17, 15) is 4.79 Å². The molecule has 0 aromatic carbocycles. The zero-order chi connectivity index (χ0) is 16.8. The molecule has 1 aliphatic rings. The lowest BCUT2D eigenvalue weighted by Gasteiger charge is -2.31. The molecule has 0 aromatic heterocycles. The molecular formula is C17H34N2O2S. The number of alkyl carbamates (subject to hydrolysis) is 1. The molecule has 0 unspecified atom stereocenters. The van der Waals surface area contributed by atoms with Crippen molar-refractivity contribution in [2.24, 2.45) is 5.92 Å². The first-order valence-corrected chi connectivity index (χ1v) is 11.3. The van der Waals surface area contributed by atoms with Crippen molar-refractivity contribution >= 4 is 16.1 Å². The average molecular weight is 331 g/mol. The van der Waals surface area contributed by atoms with Crippen LogP contribution in [0.4, 0.5) is 4.79 Å². The van der Waals surface area contributed by atoms with Gasteiger partial charge in [-0.15, -0.1) is 6.58 Å². The van der Waals surface area contributed by atoms with Crippen LogP contribution in [0.25, 0.3) is 0 Å². The van der Waals surface area contributed by atoms with Crippen molar-refractivity contribution in [3.05, 3.63) is 12.7 Å². The van der Waals surface area contributed by atoms with Crippen LogP contribution >= 0.6 is 10.0 Å². The van der Waals surface area contributed by atoms with E-state index in [1.54, 1.807) is 0 Å². The van der Waals surface area contributed by atoms with Gasteiger partial charge in [0, 0.05) is 17.8 Å². The van der Waals surface area contributed by atoms with Crippen molar-refractivity contribution < 1.29 is 9.53 Å². The summed E-state index contributed by atoms with van der Waals surface area (Å²) in [5.74, 6) is 1.15. The highest BCUT2D eigenvalue weighted by Gasteiger charge is 2.31. The summed E-state index contributed by atoms with van der Waals surface area (Å²) >= 11 is 0. The van der Waals surface area contributed by atoms with Gasteiger partial charge in [-0.05, 0) is 43.9 Å². The molecule has 0 saturated heterocycles. The van der Waals surface area contributed by atoms with Gasteiger partial charge in [-0.3, -0.25) is 0 Å². The number of hydrogen-bond acceptors (Lipinski definition) is 3. The second kappa shape index (κ2) is 8.82. The van der Waals surface area contributed by atoms with E-state index < -0.39 is 10.0 Å². The molecule has 1 aliphatic carbocycles. The van der Waals surface area contributed by atoms with Gasteiger partial charge < -0.3 is 15.4 Å². The summed E-state index contributed by atoms with van der Waals surface area (Å²) in [5, 5.41) is 6.68. The third kappa shape index (κ3) is 7.54. The van der Waals surface area contributed by atoms with Gasteiger partial charge >= 0.3 is 6.09 Å². The zero-order valence-corrected chi connectivity index (χ0v) is 15.7. The van der Waals surface area contributed by atoms with E-state index in [4.69, 9.17) is 4.74 Å². The standard InChI is InChI=1S/C17H34N2O2S/c1-7-13(3)16(15(8-2)18-14-9-10-14)19-17(20)21-11-12-22(4,5)6/h7,13-16,18H,1,8-12H2,2-6H3,(H,19,20)/t13-,15-,16-/m0/s1. The monoisotopic (exact) mass is 330 g/mol. The van der Waals surface area contributed by atoms with Crippen LogP contribution in [-0.4, -0.2) is 55.3 Å². The van der Waals surface area contributed by atoms with E-state index in [2.05, 4.69) is 49.8 Å². The van der Waals surface area contributed by atoms with Crippen molar-refractivity contribution in [2.75, 3.05) is 31.1 Å². The molecule has 0 heterocycles. The molecule has 0 bridgehead atoms. The van der Waals surface area contributed by atoms with Crippen LogP contribution in [-0.2, 0) is 4.74 Å². The maximum atomic E-state index is 12.1. The van der Waals surface area contributed by atoms with Gasteiger partial charge in [-0.25, -0.2) is 14.8 Å². The predicted octanol–water partition coefficient (Wildman–Crippen LogP) is 3.13. The maximum absolute atomic E-state index is 12.1. The minimum Gasteiger partial charge on any atom is -0.449 e. The van der Waals surface area contributed by atoms with E-state index in [-0.39, 0.29) is 24.1 Å². The van der Waals surface area contributed by atoms with Gasteiger partial charge in [-0.2, -0.15) is 0 Å². The normalized spacial score (nSPS) is 19.9. The fraction of sp³-hybridized carbons (Fsp3) is 0.824. The number of rotatable bonds is 10. The summed E-state index contributed by atoms with van der Waals surface area (Å²) in [7, 11) is -0.631. The lowest BCUT2D eigenvalue weighted by Crippen LogP contribution is -2.53. The van der Waals surface area contributed by atoms with E-state index in [1.807, 2.05) is 6.08 Å². The molecular weight excluding hydrogens is 296 g/mol. The third-order valence-corrected chi connectivity index (χ3v) is 5.44. The summed E-state index contributed by atoms with van der Waals surface area (Å²) in [6.07, 6.45) is 11.7. The van der Waals surface area contributed by atoms with Crippen molar-refractivity contribution in [2.45, 2.75) is 51.2 Å². The molecule has 0 aliphatic heterocycles. The first-order valence-electron chi connectivity index (χ1n) is 8.24. The highest BCUT2D eigenvalue weighted by atomic mass is 32.3. The molecule has 0 aromatic rings. The average Bonchev–Trinajstić information content (AvgIpc) is 3.24. The largest absolute Gasteiger partial charge is 0.449 e. The van der Waals surface area contributed by atoms with E-state index in [1.165, 1.54) is 12.8 Å². The Balaban J connectivity index is 2.51. The summed E-state index contributed by atoms with van der Waals surface area (Å²) < 4.78 is 5.37. The number of hydrogen-bond donors (Lipinski definition) is 2. The molecule has 1 fully saturated rings. The molecule has 1 amide bonds. The summed E-state index contributed by atoms with van der Waals surface area (Å²) in [6, 6.07) is 0.908. The first-order chi connectivity index (χ1) is 10.3. The van der Waals surface area contributed by atoms with Crippen LogP contribution in [0, 0.1) is 5.92 Å². The molecule has 4 nitrogen and oxygen atoms in total. The Morgan fingerprint density at radius 2 is 2.05 bits per heavy atom. The Kier molecular flexibility index (Phi) is 7.77. The van der Waals surface area contributed by atoms with Crippen molar-refractivity contribution in [3.8, 4) is 0 Å². The van der Waals surface area contributed by atoms with Crippen molar-refractivity contribution in [3.63, 3.8) is 0 Å². The van der Waals surface area contributed by atoms with Gasteiger partial charge in [0.15, 0.2) is 0 Å². The Hall–Kier alpha value is -0.680. The zero-order valence-electron chi connectivity index (χ0n) is 14.9. The van der Waals surface area contributed by atoms with Gasteiger partial charge in [0.2, 0.25) is 0 Å². The number of amides is 1. The maximum Gasteiger partial charge on any atom is 0.407 e. The van der Waals surface area contributed by atoms with Crippen LogP contribution in [0.5, 0.6) is 0 Å². The van der Waals surface area contributed by atoms with E-state index in [0.29, 0.717) is 12.6 Å². The SMILES string of the molecule is C=C[C@H](C)[C@H](NC(=O)OCCS(C)(C)C)[C@H](CC)NC1CC1. The molecule has 5 heteroatoms. The minimum absolute atomic E-state index is 0.0255. The van der Waals surface area contributed by atoms with E-state index >= 15 is 0 Å². The third-order valence-electron chi connectivity index (χ3n) is 4.05. The predicted molar refractivity (Wildman–Crippen MR) is 98.1 cm³/mol. The second-order valence-corrected chi connectivity index (χ2v) is 11.7. The topological polar surface area (TPSA) is 50.4 Å². The lowest BCUT2D eigenvalue weighted by molar-refractivity contribution is 0.142. The van der Waals surface area contributed by atoms with Crippen LogP contribution in [0.1, 0.15) is 33.1 Å². The van der Waals surface area contributed by atoms with Crippen LogP contribution in [0.3, 0.4) is 0 Å². The number of nitrogens with one attached hydrogen (secondary N) is 2. The Morgan fingerprint density at radius 1 is 1.41 bits per heavy atom. The van der Waals surface area contributed by atoms with Crippen molar-refractivity contribution in [1.82, 2.24) is 10.6 Å². The van der Waals surface area contributed by atoms with Gasteiger partial charge in [0.05, 0.1) is 6.04 Å². The molecule has 0 radical (unpaired) electrons. The Morgan fingerprint density at radius 3 is 2.50 bits per heavy atom. The fourth-order valence-corrected chi connectivity index (χ4v) is 2.92. The summed E-state index contributed by atoms with van der Waals surface area (Å²) in [5.41, 5.74) is 0. The number of carbonyl (C=O) groups excluding carboxylic acids is 1. The number of ether oxygens (including phenoxy) is 1. The van der Waals surface area contributed by atoms with Gasteiger partial charge in [-0.1, -0.05) is 19.9 Å². The molecule has 130 valence electrons. The van der Waals surface area contributed by atoms with Crippen LogP contribution in [0.2, 0.25) is 0 Å². The summed E-state index contributed by atoms with van der Waals surface area (Å²) in [6.45, 7) is 8.61. The molecule has 1 rings (SSSR count). The highest BCUT2D eigenvalue weighted by molar-refractivity contribution is 8.32. The van der Waals surface area contributed by atoms with Crippen molar-refractivity contribution in [1.29, 1.82) is 0 Å². The molecule has 1 saturated carbocycles. The minimum atomic E-state index is -0.631. The Labute approximate surface area is 137 Å². The Bertz CT molecular complexity index is 364. The second-order valence-electron chi connectivity index (χ2n) is 7.15. The molecule has 22 heavy (non-hydrogen) atoms. The molecule has 0 spiro atoms. The number of carbonyl (C=O) groups is 1. The van der Waals surface area contributed by atoms with Gasteiger partial charge in [0.25, 0.3) is 0 Å². The van der Waals surface area contributed by atoms with Crippen LogP contribution in [0.15, 0.2) is 12.7 Å². The van der Waals surface area contributed by atoms with Crippen LogP contribution < -0.4 is 10.6 Å². The fourth-order valence-electron chi connectivity index (χ4n) is 2.34. The first kappa shape index (κ1) is 19.4. The summed E-state index contributed by atoms with van der Waals surface area (Å²) in [4.78, 5) is 12.1. The smallest absolute Gasteiger partial charge is 0.407 e. The van der Waals surface area contributed by atoms with Gasteiger partial charge in [0.1, 0.15) is 6.61 Å².